The minimum absolute atomic E-state index is 0.0335. The van der Waals surface area contributed by atoms with E-state index in [1.54, 1.807) is 24.3 Å². The van der Waals surface area contributed by atoms with Gasteiger partial charge in [-0.25, -0.2) is 8.42 Å². The van der Waals surface area contributed by atoms with Gasteiger partial charge in [0.15, 0.2) is 6.04 Å². The second kappa shape index (κ2) is 11.3. The number of amides is 1. The Hall–Kier alpha value is -2.60. The van der Waals surface area contributed by atoms with Crippen molar-refractivity contribution < 1.29 is 26.7 Å². The van der Waals surface area contributed by atoms with E-state index in [4.69, 9.17) is 10.5 Å². The van der Waals surface area contributed by atoms with E-state index in [-0.39, 0.29) is 30.1 Å². The summed E-state index contributed by atoms with van der Waals surface area (Å²) in [6.45, 7) is 4.13. The molecular formula is C27H30BrF2N3O4S. The molecule has 11 heteroatoms. The van der Waals surface area contributed by atoms with Crippen LogP contribution in [0, 0.1) is 0 Å². The standard InChI is InChI=1S/C27H30BrF2N3O4S/c1-17(2)37-23-9-3-19-16-24(10-4-18(19)15-23)38(35,36)32-25(26(34)33-13-11-22(31)12-14-33)27(29,30)20-5-7-21(28)8-6-20/h3-10,15-17,22,25,32H,11-14,31H2,1-2H3. The van der Waals surface area contributed by atoms with Crippen LogP contribution in [0.1, 0.15) is 32.3 Å². The zero-order valence-electron chi connectivity index (χ0n) is 21.0. The molecule has 3 N–H and O–H groups in total. The number of ether oxygens (including phenoxy) is 1. The van der Waals surface area contributed by atoms with Crippen LogP contribution in [0.5, 0.6) is 5.75 Å². The maximum absolute atomic E-state index is 15.9. The molecule has 0 spiro atoms. The van der Waals surface area contributed by atoms with Gasteiger partial charge in [0.2, 0.25) is 15.9 Å². The molecule has 1 aliphatic heterocycles. The summed E-state index contributed by atoms with van der Waals surface area (Å²) in [5.74, 6) is -4.20. The van der Waals surface area contributed by atoms with E-state index in [1.165, 1.54) is 29.2 Å². The number of nitrogens with zero attached hydrogens (tertiary/aromatic N) is 1. The van der Waals surface area contributed by atoms with Gasteiger partial charge in [-0.3, -0.25) is 4.79 Å². The summed E-state index contributed by atoms with van der Waals surface area (Å²) in [5, 5.41) is 1.30. The monoisotopic (exact) mass is 609 g/mol. The van der Waals surface area contributed by atoms with Crippen molar-refractivity contribution in [3.63, 3.8) is 0 Å². The van der Waals surface area contributed by atoms with Crippen LogP contribution in [-0.4, -0.2) is 50.5 Å². The van der Waals surface area contributed by atoms with Crippen molar-refractivity contribution in [2.24, 2.45) is 5.73 Å². The van der Waals surface area contributed by atoms with Crippen LogP contribution >= 0.6 is 15.9 Å². The highest BCUT2D eigenvalue weighted by Crippen LogP contribution is 2.35. The van der Waals surface area contributed by atoms with E-state index in [1.807, 2.05) is 18.6 Å². The molecule has 1 fully saturated rings. The molecule has 204 valence electrons. The van der Waals surface area contributed by atoms with Crippen LogP contribution in [-0.2, 0) is 20.7 Å². The van der Waals surface area contributed by atoms with Gasteiger partial charge in [-0.2, -0.15) is 13.5 Å². The minimum atomic E-state index is -4.52. The van der Waals surface area contributed by atoms with Gasteiger partial charge >= 0.3 is 0 Å². The SMILES string of the molecule is CC(C)Oc1ccc2cc(S(=O)(=O)NC(C(=O)N3CCC(N)CC3)C(F)(F)c3ccc(Br)cc3)ccc2c1. The fourth-order valence-electron chi connectivity index (χ4n) is 4.36. The van der Waals surface area contributed by atoms with Crippen LogP contribution in [0.3, 0.4) is 0 Å². The van der Waals surface area contributed by atoms with Gasteiger partial charge in [-0.15, -0.1) is 0 Å². The molecule has 0 saturated carbocycles. The number of hydrogen-bond donors (Lipinski definition) is 2. The van der Waals surface area contributed by atoms with Crippen LogP contribution in [0.25, 0.3) is 10.8 Å². The second-order valence-electron chi connectivity index (χ2n) is 9.68. The number of nitrogens with one attached hydrogen (secondary N) is 1. The van der Waals surface area contributed by atoms with Crippen molar-refractivity contribution in [1.82, 2.24) is 9.62 Å². The highest BCUT2D eigenvalue weighted by Gasteiger charge is 2.50. The minimum Gasteiger partial charge on any atom is -0.491 e. The molecule has 0 bridgehead atoms. The van der Waals surface area contributed by atoms with E-state index in [0.717, 1.165) is 17.5 Å². The number of benzene rings is 3. The topological polar surface area (TPSA) is 102 Å². The second-order valence-corrected chi connectivity index (χ2v) is 12.3. The smallest absolute Gasteiger partial charge is 0.298 e. The van der Waals surface area contributed by atoms with Crippen LogP contribution < -0.4 is 15.2 Å². The van der Waals surface area contributed by atoms with E-state index in [0.29, 0.717) is 28.5 Å². The number of likely N-dealkylation sites (tertiary alicyclic amines) is 1. The van der Waals surface area contributed by atoms with E-state index in [2.05, 4.69) is 15.9 Å². The fourth-order valence-corrected chi connectivity index (χ4v) is 5.85. The third-order valence-corrected chi connectivity index (χ3v) is 8.38. The molecule has 1 saturated heterocycles. The predicted octanol–water partition coefficient (Wildman–Crippen LogP) is 4.78. The predicted molar refractivity (Wildman–Crippen MR) is 146 cm³/mol. The fraction of sp³-hybridized carbons (Fsp3) is 0.370. The number of piperidine rings is 1. The molecule has 0 radical (unpaired) electrons. The first-order valence-corrected chi connectivity index (χ1v) is 14.6. The molecule has 4 rings (SSSR count). The Bertz CT molecular complexity index is 1410. The molecular weight excluding hydrogens is 580 g/mol. The highest BCUT2D eigenvalue weighted by molar-refractivity contribution is 9.10. The number of carbonyl (C=O) groups is 1. The summed E-state index contributed by atoms with van der Waals surface area (Å²) in [6, 6.07) is 12.1. The number of alkyl halides is 2. The van der Waals surface area contributed by atoms with Crippen LogP contribution in [0.15, 0.2) is 70.0 Å². The normalized spacial score (nSPS) is 16.1. The number of fused-ring (bicyclic) bond motifs is 1. The lowest BCUT2D eigenvalue weighted by atomic mass is 9.99. The molecule has 0 aromatic heterocycles. The first-order valence-electron chi connectivity index (χ1n) is 12.3. The highest BCUT2D eigenvalue weighted by atomic mass is 79.9. The Morgan fingerprint density at radius 2 is 1.66 bits per heavy atom. The maximum atomic E-state index is 15.9. The number of halogens is 3. The third-order valence-electron chi connectivity index (χ3n) is 6.43. The van der Waals surface area contributed by atoms with E-state index < -0.39 is 33.5 Å². The lowest BCUT2D eigenvalue weighted by molar-refractivity contribution is -0.145. The zero-order valence-corrected chi connectivity index (χ0v) is 23.4. The van der Waals surface area contributed by atoms with Crippen molar-refractivity contribution in [3.8, 4) is 5.75 Å². The Kier molecular flexibility index (Phi) is 8.41. The lowest BCUT2D eigenvalue weighted by Gasteiger charge is -2.35. The van der Waals surface area contributed by atoms with Gasteiger partial charge in [0.05, 0.1) is 11.0 Å². The van der Waals surface area contributed by atoms with Crippen LogP contribution in [0.4, 0.5) is 8.78 Å². The van der Waals surface area contributed by atoms with Gasteiger partial charge in [-0.05, 0) is 73.9 Å². The molecule has 3 aromatic carbocycles. The van der Waals surface area contributed by atoms with Crippen molar-refractivity contribution >= 4 is 42.6 Å². The quantitative estimate of drug-likeness (QED) is 0.383. The van der Waals surface area contributed by atoms with Gasteiger partial charge in [-0.1, -0.05) is 40.2 Å². The van der Waals surface area contributed by atoms with Gasteiger partial charge in [0, 0.05) is 29.2 Å². The molecule has 1 amide bonds. The van der Waals surface area contributed by atoms with E-state index in [9.17, 15) is 13.2 Å². The van der Waals surface area contributed by atoms with Crippen LogP contribution in [0.2, 0.25) is 0 Å². The third kappa shape index (κ3) is 6.33. The summed E-state index contributed by atoms with van der Waals surface area (Å²) in [4.78, 5) is 14.4. The number of sulfonamides is 1. The molecule has 3 aromatic rings. The Balaban J connectivity index is 1.68. The van der Waals surface area contributed by atoms with Gasteiger partial charge in [0.25, 0.3) is 5.92 Å². The average Bonchev–Trinajstić information content (AvgIpc) is 2.87. The molecule has 7 nitrogen and oxygen atoms in total. The zero-order chi connectivity index (χ0) is 27.7. The van der Waals surface area contributed by atoms with E-state index >= 15 is 8.78 Å². The molecule has 1 aliphatic rings. The summed E-state index contributed by atoms with van der Waals surface area (Å²) < 4.78 is 66.8. The molecule has 1 unspecified atom stereocenters. The maximum Gasteiger partial charge on any atom is 0.298 e. The van der Waals surface area contributed by atoms with Gasteiger partial charge < -0.3 is 15.4 Å². The summed E-state index contributed by atoms with van der Waals surface area (Å²) in [5.41, 5.74) is 5.43. The number of nitrogens with two attached hydrogens (primary N) is 1. The molecule has 38 heavy (non-hydrogen) atoms. The summed E-state index contributed by atoms with van der Waals surface area (Å²) in [7, 11) is -4.52. The van der Waals surface area contributed by atoms with Crippen molar-refractivity contribution in [2.75, 3.05) is 13.1 Å². The Morgan fingerprint density at radius 3 is 2.29 bits per heavy atom. The van der Waals surface area contributed by atoms with Crippen molar-refractivity contribution in [3.05, 3.63) is 70.7 Å². The van der Waals surface area contributed by atoms with Crippen molar-refractivity contribution in [1.29, 1.82) is 0 Å². The first-order chi connectivity index (χ1) is 17.9. The largest absolute Gasteiger partial charge is 0.491 e. The Labute approximate surface area is 229 Å². The molecule has 0 aliphatic carbocycles. The average molecular weight is 611 g/mol. The number of carbonyl (C=O) groups excluding carboxylic acids is 1. The first kappa shape index (κ1) is 28.4. The summed E-state index contributed by atoms with van der Waals surface area (Å²) >= 11 is 3.21. The van der Waals surface area contributed by atoms with Gasteiger partial charge in [0.1, 0.15) is 5.75 Å². The number of rotatable bonds is 8. The van der Waals surface area contributed by atoms with Crippen molar-refractivity contribution in [2.45, 2.75) is 55.7 Å². The lowest BCUT2D eigenvalue weighted by Crippen LogP contribution is -2.57. The summed E-state index contributed by atoms with van der Waals surface area (Å²) in [6.07, 6.45) is 0.860. The molecule has 1 heterocycles. The molecule has 1 atom stereocenters. The number of hydrogen-bond acceptors (Lipinski definition) is 5. The Morgan fingerprint density at radius 1 is 1.05 bits per heavy atom.